The van der Waals surface area contributed by atoms with Gasteiger partial charge in [-0.1, -0.05) is 25.0 Å². The molecule has 2 aromatic rings. The van der Waals surface area contributed by atoms with Crippen molar-refractivity contribution in [3.05, 3.63) is 53.0 Å². The molecular formula is C21H27NO4S. The summed E-state index contributed by atoms with van der Waals surface area (Å²) in [5.41, 5.74) is 1.54. The van der Waals surface area contributed by atoms with Crippen molar-refractivity contribution in [2.45, 2.75) is 69.1 Å². The fourth-order valence-corrected chi connectivity index (χ4v) is 6.24. The molecule has 1 aliphatic carbocycles. The molecule has 6 heteroatoms. The van der Waals surface area contributed by atoms with Gasteiger partial charge in [0, 0.05) is 0 Å². The van der Waals surface area contributed by atoms with Crippen molar-refractivity contribution in [3.63, 3.8) is 0 Å². The standard InChI is InChI=1S/C21H27NO4S/c1-14-7-8-15(2)19(13-14)27(24,25)21(11-5-6-12-21)20(23)22-17(4)18-10-9-16(3)26-18/h7-10,13,17H,5-6,11-12H2,1-4H3,(H,22,23). The predicted molar refractivity (Wildman–Crippen MR) is 104 cm³/mol. The predicted octanol–water partition coefficient (Wildman–Crippen LogP) is 4.17. The third-order valence-electron chi connectivity index (χ3n) is 5.51. The number of hydrogen-bond acceptors (Lipinski definition) is 4. The molecule has 0 spiro atoms. The van der Waals surface area contributed by atoms with Crippen LogP contribution < -0.4 is 5.32 Å². The highest BCUT2D eigenvalue weighted by Gasteiger charge is 2.53. The molecule has 1 atom stereocenters. The minimum atomic E-state index is -3.82. The van der Waals surface area contributed by atoms with Crippen LogP contribution in [0.4, 0.5) is 0 Å². The highest BCUT2D eigenvalue weighted by molar-refractivity contribution is 7.93. The van der Waals surface area contributed by atoms with Crippen molar-refractivity contribution in [1.29, 1.82) is 0 Å². The molecule has 1 amide bonds. The van der Waals surface area contributed by atoms with E-state index in [0.717, 1.165) is 24.2 Å². The summed E-state index contributed by atoms with van der Waals surface area (Å²) < 4.78 is 31.4. The van der Waals surface area contributed by atoms with E-state index in [1.165, 1.54) is 0 Å². The molecule has 1 unspecified atom stereocenters. The van der Waals surface area contributed by atoms with E-state index >= 15 is 0 Å². The average Bonchev–Trinajstić information content (AvgIpc) is 3.27. The van der Waals surface area contributed by atoms with Crippen molar-refractivity contribution in [3.8, 4) is 0 Å². The highest BCUT2D eigenvalue weighted by atomic mass is 32.2. The van der Waals surface area contributed by atoms with E-state index < -0.39 is 26.5 Å². The molecule has 0 saturated heterocycles. The molecule has 1 N–H and O–H groups in total. The lowest BCUT2D eigenvalue weighted by Crippen LogP contribution is -2.51. The Morgan fingerprint density at radius 1 is 1.11 bits per heavy atom. The Bertz CT molecular complexity index is 952. The van der Waals surface area contributed by atoms with Gasteiger partial charge in [-0.25, -0.2) is 8.42 Å². The molecule has 0 bridgehead atoms. The van der Waals surface area contributed by atoms with Gasteiger partial charge < -0.3 is 9.73 Å². The van der Waals surface area contributed by atoms with Crippen LogP contribution in [0.5, 0.6) is 0 Å². The van der Waals surface area contributed by atoms with E-state index in [9.17, 15) is 13.2 Å². The van der Waals surface area contributed by atoms with Crippen molar-refractivity contribution in [2.24, 2.45) is 0 Å². The van der Waals surface area contributed by atoms with Crippen LogP contribution in [0.15, 0.2) is 39.6 Å². The summed E-state index contributed by atoms with van der Waals surface area (Å²) in [6.07, 6.45) is 2.15. The van der Waals surface area contributed by atoms with Gasteiger partial charge in [0.1, 0.15) is 11.5 Å². The molecule has 27 heavy (non-hydrogen) atoms. The maximum absolute atomic E-state index is 13.6. The van der Waals surface area contributed by atoms with Gasteiger partial charge in [-0.15, -0.1) is 0 Å². The number of benzene rings is 1. The van der Waals surface area contributed by atoms with Gasteiger partial charge in [-0.2, -0.15) is 0 Å². The summed E-state index contributed by atoms with van der Waals surface area (Å²) >= 11 is 0. The second-order valence-corrected chi connectivity index (χ2v) is 9.85. The summed E-state index contributed by atoms with van der Waals surface area (Å²) in [7, 11) is -3.82. The number of nitrogens with one attached hydrogen (secondary N) is 1. The number of amides is 1. The van der Waals surface area contributed by atoms with Crippen LogP contribution in [-0.4, -0.2) is 19.1 Å². The first-order valence-corrected chi connectivity index (χ1v) is 10.8. The topological polar surface area (TPSA) is 76.4 Å². The van der Waals surface area contributed by atoms with Crippen molar-refractivity contribution >= 4 is 15.7 Å². The Hall–Kier alpha value is -2.08. The number of rotatable bonds is 5. The highest BCUT2D eigenvalue weighted by Crippen LogP contribution is 2.42. The van der Waals surface area contributed by atoms with Gasteiger partial charge in [0.2, 0.25) is 5.91 Å². The molecule has 1 aromatic carbocycles. The number of hydrogen-bond donors (Lipinski definition) is 1. The minimum Gasteiger partial charge on any atom is -0.464 e. The van der Waals surface area contributed by atoms with Crippen LogP contribution in [0.1, 0.15) is 61.3 Å². The quantitative estimate of drug-likeness (QED) is 0.833. The maximum Gasteiger partial charge on any atom is 0.242 e. The lowest BCUT2D eigenvalue weighted by Gasteiger charge is -2.29. The van der Waals surface area contributed by atoms with Gasteiger partial charge in [0.15, 0.2) is 14.6 Å². The largest absolute Gasteiger partial charge is 0.464 e. The molecular weight excluding hydrogens is 362 g/mol. The summed E-state index contributed by atoms with van der Waals surface area (Å²) in [6, 6.07) is 8.61. The van der Waals surface area contributed by atoms with Crippen LogP contribution in [0.3, 0.4) is 0 Å². The molecule has 1 fully saturated rings. The van der Waals surface area contributed by atoms with Crippen LogP contribution >= 0.6 is 0 Å². The van der Waals surface area contributed by atoms with Gasteiger partial charge in [0.25, 0.3) is 0 Å². The lowest BCUT2D eigenvalue weighted by atomic mass is 10.1. The first-order chi connectivity index (χ1) is 12.7. The Morgan fingerprint density at radius 2 is 1.78 bits per heavy atom. The van der Waals surface area contributed by atoms with E-state index in [-0.39, 0.29) is 4.90 Å². The molecule has 1 aliphatic rings. The minimum absolute atomic E-state index is 0.265. The normalized spacial score (nSPS) is 17.6. The van der Waals surface area contributed by atoms with E-state index in [1.54, 1.807) is 25.1 Å². The smallest absolute Gasteiger partial charge is 0.242 e. The average molecular weight is 390 g/mol. The number of carbonyl (C=O) groups is 1. The number of furan rings is 1. The zero-order valence-electron chi connectivity index (χ0n) is 16.3. The third kappa shape index (κ3) is 3.43. The van der Waals surface area contributed by atoms with Crippen LogP contribution in [0, 0.1) is 20.8 Å². The van der Waals surface area contributed by atoms with Gasteiger partial charge in [-0.05, 0) is 69.9 Å². The number of carbonyl (C=O) groups excluding carboxylic acids is 1. The lowest BCUT2D eigenvalue weighted by molar-refractivity contribution is -0.124. The fraction of sp³-hybridized carbons (Fsp3) is 0.476. The van der Waals surface area contributed by atoms with Gasteiger partial charge in [-0.3, -0.25) is 4.79 Å². The number of sulfone groups is 1. The van der Waals surface area contributed by atoms with Crippen molar-refractivity contribution in [1.82, 2.24) is 5.32 Å². The number of aryl methyl sites for hydroxylation is 3. The molecule has 0 radical (unpaired) electrons. The summed E-state index contributed by atoms with van der Waals surface area (Å²) in [5, 5.41) is 2.89. The molecule has 146 valence electrons. The Balaban J connectivity index is 1.97. The zero-order valence-corrected chi connectivity index (χ0v) is 17.2. The van der Waals surface area contributed by atoms with Crippen LogP contribution in [0.25, 0.3) is 0 Å². The van der Waals surface area contributed by atoms with E-state index in [2.05, 4.69) is 5.32 Å². The van der Waals surface area contributed by atoms with Gasteiger partial charge >= 0.3 is 0 Å². The first kappa shape index (κ1) is 19.7. The van der Waals surface area contributed by atoms with Crippen molar-refractivity contribution < 1.29 is 17.6 Å². The Kier molecular flexibility index (Phi) is 5.21. The third-order valence-corrected chi connectivity index (χ3v) is 8.15. The summed E-state index contributed by atoms with van der Waals surface area (Å²) in [6.45, 7) is 7.28. The molecule has 1 heterocycles. The van der Waals surface area contributed by atoms with E-state index in [0.29, 0.717) is 24.2 Å². The van der Waals surface area contributed by atoms with Gasteiger partial charge in [0.05, 0.1) is 10.9 Å². The molecule has 1 aromatic heterocycles. The van der Waals surface area contributed by atoms with Crippen LogP contribution in [0.2, 0.25) is 0 Å². The molecule has 0 aliphatic heterocycles. The summed E-state index contributed by atoms with van der Waals surface area (Å²) in [5.74, 6) is 0.949. The summed E-state index contributed by atoms with van der Waals surface area (Å²) in [4.78, 5) is 13.5. The van der Waals surface area contributed by atoms with E-state index in [4.69, 9.17) is 4.42 Å². The Labute approximate surface area is 161 Å². The maximum atomic E-state index is 13.6. The second kappa shape index (κ2) is 7.15. The molecule has 1 saturated carbocycles. The van der Waals surface area contributed by atoms with E-state index in [1.807, 2.05) is 32.9 Å². The molecule has 3 rings (SSSR count). The monoisotopic (exact) mass is 389 g/mol. The zero-order chi connectivity index (χ0) is 19.8. The first-order valence-electron chi connectivity index (χ1n) is 9.36. The SMILES string of the molecule is Cc1ccc(C)c(S(=O)(=O)C2(C(=O)NC(C)c3ccc(C)o3)CCCC2)c1. The fourth-order valence-electron chi connectivity index (χ4n) is 3.86. The van der Waals surface area contributed by atoms with Crippen LogP contribution in [-0.2, 0) is 14.6 Å². The Morgan fingerprint density at radius 3 is 2.37 bits per heavy atom. The van der Waals surface area contributed by atoms with Crippen molar-refractivity contribution in [2.75, 3.05) is 0 Å². The molecule has 5 nitrogen and oxygen atoms in total. The second-order valence-electron chi connectivity index (χ2n) is 7.62.